The summed E-state index contributed by atoms with van der Waals surface area (Å²) in [5, 5.41) is 11.5. The molecule has 1 fully saturated rings. The third-order valence-corrected chi connectivity index (χ3v) is 8.90. The number of aromatic nitrogens is 1. The van der Waals surface area contributed by atoms with E-state index in [4.69, 9.17) is 15.2 Å². The molecule has 4 aromatic rings. The number of carboxylic acid groups (broad SMARTS) is 1. The second kappa shape index (κ2) is 11.0. The maximum absolute atomic E-state index is 12.5. The van der Waals surface area contributed by atoms with E-state index in [0.717, 1.165) is 52.3 Å². The number of anilines is 1. The molecule has 1 unspecified atom stereocenters. The van der Waals surface area contributed by atoms with Crippen molar-refractivity contribution in [2.24, 2.45) is 0 Å². The quantitative estimate of drug-likeness (QED) is 0.277. The van der Waals surface area contributed by atoms with Gasteiger partial charge in [0, 0.05) is 35.7 Å². The van der Waals surface area contributed by atoms with Crippen molar-refractivity contribution < 1.29 is 24.2 Å². The number of fused-ring (bicyclic) bond motifs is 3. The largest absolute Gasteiger partial charge is 0.485 e. The highest BCUT2D eigenvalue weighted by Gasteiger charge is 2.47. The van der Waals surface area contributed by atoms with E-state index in [2.05, 4.69) is 29.2 Å². The highest BCUT2D eigenvalue weighted by molar-refractivity contribution is 6.01. The van der Waals surface area contributed by atoms with Crippen LogP contribution >= 0.6 is 0 Å². The molecule has 8 heteroatoms. The fraction of sp³-hybridized carbons (Fsp3) is 0.324. The van der Waals surface area contributed by atoms with Crippen molar-refractivity contribution >= 4 is 28.7 Å². The predicted octanol–water partition coefficient (Wildman–Crippen LogP) is 6.43. The maximum atomic E-state index is 12.5. The molecule has 0 radical (unpaired) electrons. The molecule has 1 aliphatic carbocycles. The zero-order valence-electron chi connectivity index (χ0n) is 23.9. The van der Waals surface area contributed by atoms with Crippen molar-refractivity contribution in [2.45, 2.75) is 51.0 Å². The Kier molecular flexibility index (Phi) is 7.22. The Bertz CT molecular complexity index is 1680. The lowest BCUT2D eigenvalue weighted by atomic mass is 9.73. The average Bonchev–Trinajstić information content (AvgIpc) is 3.26. The summed E-state index contributed by atoms with van der Waals surface area (Å²) in [7, 11) is 0. The van der Waals surface area contributed by atoms with Crippen LogP contribution in [0.4, 0.5) is 10.6 Å². The summed E-state index contributed by atoms with van der Waals surface area (Å²) in [6, 6.07) is 20.3. The number of aryl methyl sites for hydroxylation is 1. The third-order valence-electron chi connectivity index (χ3n) is 8.90. The number of carboxylic acids is 1. The number of hydrogen-bond acceptors (Lipinski definition) is 6. The number of carbonyl (C=O) groups excluding carboxylic acids is 1. The van der Waals surface area contributed by atoms with Gasteiger partial charge in [-0.3, -0.25) is 4.79 Å². The molecule has 1 aliphatic heterocycles. The summed E-state index contributed by atoms with van der Waals surface area (Å²) < 4.78 is 12.0. The fourth-order valence-corrected chi connectivity index (χ4v) is 6.76. The van der Waals surface area contributed by atoms with Crippen LogP contribution in [0, 0.1) is 6.92 Å². The molecular weight excluding hydrogens is 530 g/mol. The predicted molar refractivity (Wildman–Crippen MR) is 162 cm³/mol. The zero-order valence-corrected chi connectivity index (χ0v) is 23.9. The number of nitrogen functional groups attached to an aromatic ring is 1. The van der Waals surface area contributed by atoms with Crippen molar-refractivity contribution in [1.82, 2.24) is 9.88 Å². The van der Waals surface area contributed by atoms with E-state index in [0.29, 0.717) is 36.8 Å². The van der Waals surface area contributed by atoms with E-state index in [1.54, 1.807) is 11.1 Å². The topological polar surface area (TPSA) is 115 Å². The van der Waals surface area contributed by atoms with Crippen LogP contribution in [0.15, 0.2) is 66.9 Å². The summed E-state index contributed by atoms with van der Waals surface area (Å²) >= 11 is 0. The van der Waals surface area contributed by atoms with Gasteiger partial charge in [0.05, 0.1) is 13.0 Å². The Labute approximate surface area is 245 Å². The molecule has 42 heavy (non-hydrogen) atoms. The number of pyridine rings is 1. The second-order valence-electron chi connectivity index (χ2n) is 11.3. The Morgan fingerprint density at radius 3 is 2.62 bits per heavy atom. The standard InChI is InChI=1S/C34H35N3O5/c1-3-41-33(40)37-16-13-34(14-17-37)20-30(42-29-9-4-6-21(2)26(29)19-31(38)39)27-18-22(10-11-28(27)34)23-7-5-8-25-24(23)12-15-36-32(25)35/h4-12,15,18,30H,3,13-14,16-17,19-20H2,1-2H3,(H2,35,36)(H,38,39). The van der Waals surface area contributed by atoms with Gasteiger partial charge in [-0.05, 0) is 84.5 Å². The zero-order chi connectivity index (χ0) is 29.4. The lowest BCUT2D eigenvalue weighted by Crippen LogP contribution is -2.44. The van der Waals surface area contributed by atoms with Gasteiger partial charge in [0.1, 0.15) is 17.7 Å². The van der Waals surface area contributed by atoms with Crippen molar-refractivity contribution in [3.63, 3.8) is 0 Å². The number of piperidine rings is 1. The highest BCUT2D eigenvalue weighted by atomic mass is 16.6. The molecule has 8 nitrogen and oxygen atoms in total. The van der Waals surface area contributed by atoms with Gasteiger partial charge in [-0.15, -0.1) is 0 Å². The van der Waals surface area contributed by atoms with E-state index in [9.17, 15) is 14.7 Å². The molecule has 1 amide bonds. The van der Waals surface area contributed by atoms with Gasteiger partial charge in [0.2, 0.25) is 0 Å². The number of amides is 1. The van der Waals surface area contributed by atoms with Crippen LogP contribution < -0.4 is 10.5 Å². The summed E-state index contributed by atoms with van der Waals surface area (Å²) in [5.41, 5.74) is 12.1. The molecule has 2 aliphatic rings. The molecule has 0 saturated carbocycles. The first-order valence-electron chi connectivity index (χ1n) is 14.5. The molecular formula is C34H35N3O5. The smallest absolute Gasteiger partial charge is 0.409 e. The number of carbonyl (C=O) groups is 2. The van der Waals surface area contributed by atoms with Crippen LogP contribution in [-0.2, 0) is 21.4 Å². The molecule has 0 bridgehead atoms. The first kappa shape index (κ1) is 27.6. The Hall–Kier alpha value is -4.59. The van der Waals surface area contributed by atoms with Crippen LogP contribution in [-0.4, -0.2) is 46.7 Å². The SMILES string of the molecule is CCOC(=O)N1CCC2(CC1)CC(Oc1cccc(C)c1CC(=O)O)c1cc(-c3cccc4c(N)nccc34)ccc12. The minimum absolute atomic E-state index is 0.104. The molecule has 6 rings (SSSR count). The molecule has 2 heterocycles. The number of aliphatic carboxylic acids is 1. The van der Waals surface area contributed by atoms with E-state index < -0.39 is 5.97 Å². The van der Waals surface area contributed by atoms with Gasteiger partial charge in [-0.1, -0.05) is 42.5 Å². The first-order chi connectivity index (χ1) is 20.3. The first-order valence-corrected chi connectivity index (χ1v) is 14.5. The van der Waals surface area contributed by atoms with Crippen LogP contribution in [0.5, 0.6) is 5.75 Å². The fourth-order valence-electron chi connectivity index (χ4n) is 6.76. The maximum Gasteiger partial charge on any atom is 0.409 e. The van der Waals surface area contributed by atoms with Gasteiger partial charge in [-0.2, -0.15) is 0 Å². The number of benzene rings is 3. The second-order valence-corrected chi connectivity index (χ2v) is 11.3. The lowest BCUT2D eigenvalue weighted by molar-refractivity contribution is -0.136. The normalized spacial score (nSPS) is 17.3. The van der Waals surface area contributed by atoms with Crippen LogP contribution in [0.3, 0.4) is 0 Å². The van der Waals surface area contributed by atoms with E-state index >= 15 is 0 Å². The third kappa shape index (κ3) is 4.91. The minimum Gasteiger partial charge on any atom is -0.485 e. The van der Waals surface area contributed by atoms with Crippen molar-refractivity contribution in [1.29, 1.82) is 0 Å². The minimum atomic E-state index is -0.893. The number of likely N-dealkylation sites (tertiary alicyclic amines) is 1. The summed E-state index contributed by atoms with van der Waals surface area (Å²) in [4.78, 5) is 30.2. The molecule has 1 atom stereocenters. The Morgan fingerprint density at radius 2 is 1.86 bits per heavy atom. The van der Waals surface area contributed by atoms with Crippen LogP contribution in [0.25, 0.3) is 21.9 Å². The summed E-state index contributed by atoms with van der Waals surface area (Å²) in [6.45, 7) is 5.31. The van der Waals surface area contributed by atoms with Crippen molar-refractivity contribution in [2.75, 3.05) is 25.4 Å². The van der Waals surface area contributed by atoms with Gasteiger partial charge in [-0.25, -0.2) is 9.78 Å². The number of ether oxygens (including phenoxy) is 2. The van der Waals surface area contributed by atoms with Gasteiger partial charge < -0.3 is 25.2 Å². The van der Waals surface area contributed by atoms with Gasteiger partial charge in [0.15, 0.2) is 0 Å². The summed E-state index contributed by atoms with van der Waals surface area (Å²) in [6.07, 6.45) is 3.42. The lowest BCUT2D eigenvalue weighted by Gasteiger charge is -2.39. The van der Waals surface area contributed by atoms with Crippen molar-refractivity contribution in [3.8, 4) is 16.9 Å². The molecule has 3 N–H and O–H groups in total. The monoisotopic (exact) mass is 565 g/mol. The van der Waals surface area contributed by atoms with Gasteiger partial charge >= 0.3 is 12.1 Å². The average molecular weight is 566 g/mol. The van der Waals surface area contributed by atoms with Crippen molar-refractivity contribution in [3.05, 3.63) is 89.1 Å². The number of rotatable bonds is 6. The Balaban J connectivity index is 1.42. The van der Waals surface area contributed by atoms with E-state index in [-0.39, 0.29) is 24.0 Å². The molecule has 3 aromatic carbocycles. The van der Waals surface area contributed by atoms with E-state index in [1.807, 2.05) is 50.2 Å². The van der Waals surface area contributed by atoms with Gasteiger partial charge in [0.25, 0.3) is 0 Å². The molecule has 1 spiro atoms. The summed E-state index contributed by atoms with van der Waals surface area (Å²) in [5.74, 6) is 0.203. The number of nitrogens with zero attached hydrogens (tertiary/aromatic N) is 2. The molecule has 1 saturated heterocycles. The Morgan fingerprint density at radius 1 is 1.07 bits per heavy atom. The highest BCUT2D eigenvalue weighted by Crippen LogP contribution is 2.53. The van der Waals surface area contributed by atoms with Crippen LogP contribution in [0.1, 0.15) is 54.5 Å². The number of nitrogens with two attached hydrogens (primary N) is 1. The number of hydrogen-bond donors (Lipinski definition) is 2. The van der Waals surface area contributed by atoms with Crippen LogP contribution in [0.2, 0.25) is 0 Å². The van der Waals surface area contributed by atoms with E-state index in [1.165, 1.54) is 5.56 Å². The molecule has 216 valence electrons. The molecule has 1 aromatic heterocycles.